The monoisotopic (exact) mass is 417 g/mol. The minimum absolute atomic E-state index is 0.0232. The molecule has 30 heavy (non-hydrogen) atoms. The van der Waals surface area contributed by atoms with Crippen molar-refractivity contribution in [3.05, 3.63) is 60.8 Å². The maximum atomic E-state index is 13.1. The molecule has 0 saturated carbocycles. The van der Waals surface area contributed by atoms with Gasteiger partial charge in [-0.25, -0.2) is 4.79 Å². The smallest absolute Gasteiger partial charge is 0.330 e. The highest BCUT2D eigenvalue weighted by molar-refractivity contribution is 5.96. The number of H-pyrrole nitrogens is 1. The van der Waals surface area contributed by atoms with Crippen molar-refractivity contribution in [2.45, 2.75) is 40.7 Å². The Labute approximate surface area is 173 Å². The predicted octanol–water partition coefficient (Wildman–Crippen LogP) is 1.91. The van der Waals surface area contributed by atoms with Gasteiger partial charge in [-0.1, -0.05) is 39.8 Å². The molecule has 0 aliphatic rings. The second kappa shape index (κ2) is 9.38. The summed E-state index contributed by atoms with van der Waals surface area (Å²) in [4.78, 5) is 51.7. The maximum absolute atomic E-state index is 13.1. The quantitative estimate of drug-likeness (QED) is 0.496. The van der Waals surface area contributed by atoms with Gasteiger partial charge >= 0.3 is 5.69 Å². The van der Waals surface area contributed by atoms with Crippen molar-refractivity contribution in [1.82, 2.24) is 9.55 Å². The van der Waals surface area contributed by atoms with E-state index in [1.807, 2.05) is 27.7 Å². The minimum Gasteiger partial charge on any atom is -0.383 e. The standard InChI is InChI=1S/C20H27N5O5/c1-12(2)10-23(16(26)9-14-5-7-15(8-6-14)25(29)30)17-18(21)24(11-13(3)4)20(28)22-19(17)27/h5-8,12-13H,9-11,21H2,1-4H3,(H,22,27,28). The lowest BCUT2D eigenvalue weighted by atomic mass is 10.1. The average Bonchev–Trinajstić information content (AvgIpc) is 2.64. The van der Waals surface area contributed by atoms with Crippen LogP contribution < -0.4 is 21.9 Å². The Morgan fingerprint density at radius 2 is 1.77 bits per heavy atom. The lowest BCUT2D eigenvalue weighted by Crippen LogP contribution is -2.43. The summed E-state index contributed by atoms with van der Waals surface area (Å²) < 4.78 is 1.26. The summed E-state index contributed by atoms with van der Waals surface area (Å²) in [5.74, 6) is -0.340. The number of carbonyl (C=O) groups excluding carboxylic acids is 1. The molecular weight excluding hydrogens is 390 g/mol. The number of amides is 1. The van der Waals surface area contributed by atoms with Crippen molar-refractivity contribution < 1.29 is 9.72 Å². The molecule has 0 atom stereocenters. The Balaban J connectivity index is 2.47. The van der Waals surface area contributed by atoms with Crippen LogP contribution in [0, 0.1) is 22.0 Å². The van der Waals surface area contributed by atoms with Gasteiger partial charge in [-0.15, -0.1) is 0 Å². The van der Waals surface area contributed by atoms with Crippen LogP contribution in [0.15, 0.2) is 33.9 Å². The number of nitro groups is 1. The fourth-order valence-corrected chi connectivity index (χ4v) is 3.07. The van der Waals surface area contributed by atoms with Crippen LogP contribution in [0.5, 0.6) is 0 Å². The van der Waals surface area contributed by atoms with Crippen LogP contribution in [0.4, 0.5) is 17.2 Å². The van der Waals surface area contributed by atoms with Gasteiger partial charge in [0.15, 0.2) is 5.69 Å². The Morgan fingerprint density at radius 3 is 2.27 bits per heavy atom. The molecule has 1 heterocycles. The summed E-state index contributed by atoms with van der Waals surface area (Å²) in [6, 6.07) is 5.63. The lowest BCUT2D eigenvalue weighted by Gasteiger charge is -2.26. The van der Waals surface area contributed by atoms with E-state index >= 15 is 0 Å². The molecule has 2 rings (SSSR count). The summed E-state index contributed by atoms with van der Waals surface area (Å²) in [7, 11) is 0. The number of non-ortho nitro benzene ring substituents is 1. The number of nitrogens with one attached hydrogen (secondary N) is 1. The van der Waals surface area contributed by atoms with Gasteiger partial charge in [-0.05, 0) is 17.4 Å². The highest BCUT2D eigenvalue weighted by Crippen LogP contribution is 2.21. The third-order valence-electron chi connectivity index (χ3n) is 4.38. The van der Waals surface area contributed by atoms with E-state index in [0.29, 0.717) is 12.1 Å². The molecule has 0 bridgehead atoms. The van der Waals surface area contributed by atoms with Crippen LogP contribution in [0.2, 0.25) is 0 Å². The number of benzene rings is 1. The highest BCUT2D eigenvalue weighted by atomic mass is 16.6. The van der Waals surface area contributed by atoms with E-state index in [1.54, 1.807) is 0 Å². The molecule has 2 aromatic rings. The summed E-state index contributed by atoms with van der Waals surface area (Å²) in [5.41, 5.74) is 5.24. The zero-order valence-electron chi connectivity index (χ0n) is 17.5. The van der Waals surface area contributed by atoms with Gasteiger partial charge < -0.3 is 10.6 Å². The maximum Gasteiger partial charge on any atom is 0.330 e. The number of aromatic nitrogens is 2. The van der Waals surface area contributed by atoms with Crippen LogP contribution in [-0.4, -0.2) is 26.9 Å². The van der Waals surface area contributed by atoms with E-state index in [4.69, 9.17) is 5.73 Å². The van der Waals surface area contributed by atoms with Crippen molar-refractivity contribution in [2.75, 3.05) is 17.2 Å². The number of nitrogens with zero attached hydrogens (tertiary/aromatic N) is 3. The first-order valence-electron chi connectivity index (χ1n) is 9.67. The molecular formula is C20H27N5O5. The van der Waals surface area contributed by atoms with Crippen molar-refractivity contribution in [1.29, 1.82) is 0 Å². The molecule has 0 aliphatic heterocycles. The largest absolute Gasteiger partial charge is 0.383 e. The van der Waals surface area contributed by atoms with Crippen molar-refractivity contribution >= 4 is 23.1 Å². The SMILES string of the molecule is CC(C)CN(C(=O)Cc1ccc([N+](=O)[O-])cc1)c1c(N)n(CC(C)C)c(=O)[nH]c1=O. The number of nitro benzene ring substituents is 1. The summed E-state index contributed by atoms with van der Waals surface area (Å²) >= 11 is 0. The lowest BCUT2D eigenvalue weighted by molar-refractivity contribution is -0.384. The fourth-order valence-electron chi connectivity index (χ4n) is 3.07. The normalized spacial score (nSPS) is 11.1. The van der Waals surface area contributed by atoms with E-state index in [9.17, 15) is 24.5 Å². The van der Waals surface area contributed by atoms with Gasteiger partial charge in [0.1, 0.15) is 5.82 Å². The molecule has 10 heteroatoms. The molecule has 0 saturated heterocycles. The predicted molar refractivity (Wildman–Crippen MR) is 115 cm³/mol. The zero-order valence-corrected chi connectivity index (χ0v) is 17.5. The molecule has 162 valence electrons. The molecule has 1 aromatic carbocycles. The summed E-state index contributed by atoms with van der Waals surface area (Å²) in [6.45, 7) is 8.10. The Hall–Kier alpha value is -3.43. The fraction of sp³-hybridized carbons (Fsp3) is 0.450. The number of nitrogens with two attached hydrogens (primary N) is 1. The molecule has 1 amide bonds. The average molecular weight is 417 g/mol. The molecule has 0 unspecified atom stereocenters. The van der Waals surface area contributed by atoms with Gasteiger partial charge in [0.25, 0.3) is 11.2 Å². The number of anilines is 2. The topological polar surface area (TPSA) is 144 Å². The van der Waals surface area contributed by atoms with E-state index in [2.05, 4.69) is 4.98 Å². The zero-order chi connectivity index (χ0) is 22.6. The Bertz CT molecular complexity index is 1040. The molecule has 0 spiro atoms. The van der Waals surface area contributed by atoms with Crippen molar-refractivity contribution in [2.24, 2.45) is 11.8 Å². The molecule has 10 nitrogen and oxygen atoms in total. The summed E-state index contributed by atoms with van der Waals surface area (Å²) in [6.07, 6.45) is -0.0765. The van der Waals surface area contributed by atoms with Crippen LogP contribution in [0.1, 0.15) is 33.3 Å². The highest BCUT2D eigenvalue weighted by Gasteiger charge is 2.25. The second-order valence-electron chi connectivity index (χ2n) is 8.00. The third kappa shape index (κ3) is 5.34. The molecule has 0 fully saturated rings. The number of nitrogen functional groups attached to an aromatic ring is 1. The first-order chi connectivity index (χ1) is 14.0. The second-order valence-corrected chi connectivity index (χ2v) is 8.00. The van der Waals surface area contributed by atoms with Gasteiger partial charge in [-0.2, -0.15) is 0 Å². The van der Waals surface area contributed by atoms with Crippen LogP contribution in [0.3, 0.4) is 0 Å². The first kappa shape index (κ1) is 22.9. The van der Waals surface area contributed by atoms with Crippen LogP contribution in [0.25, 0.3) is 0 Å². The number of aromatic amines is 1. The van der Waals surface area contributed by atoms with Crippen molar-refractivity contribution in [3.63, 3.8) is 0 Å². The van der Waals surface area contributed by atoms with Gasteiger partial charge in [0.05, 0.1) is 11.3 Å². The Morgan fingerprint density at radius 1 is 1.17 bits per heavy atom. The third-order valence-corrected chi connectivity index (χ3v) is 4.38. The molecule has 1 aromatic heterocycles. The van der Waals surface area contributed by atoms with E-state index in [0.717, 1.165) is 0 Å². The van der Waals surface area contributed by atoms with Crippen molar-refractivity contribution in [3.8, 4) is 0 Å². The Kier molecular flexibility index (Phi) is 7.14. The minimum atomic E-state index is -0.727. The van der Waals surface area contributed by atoms with Gasteiger partial charge in [0, 0.05) is 25.2 Å². The first-order valence-corrected chi connectivity index (χ1v) is 9.67. The number of carbonyl (C=O) groups is 1. The number of hydrogen-bond donors (Lipinski definition) is 2. The van der Waals surface area contributed by atoms with Crippen LogP contribution in [-0.2, 0) is 17.8 Å². The number of hydrogen-bond acceptors (Lipinski definition) is 6. The molecule has 0 radical (unpaired) electrons. The van der Waals surface area contributed by atoms with E-state index in [-0.39, 0.29) is 42.0 Å². The van der Waals surface area contributed by atoms with E-state index < -0.39 is 22.1 Å². The summed E-state index contributed by atoms with van der Waals surface area (Å²) in [5, 5.41) is 10.8. The molecule has 3 N–H and O–H groups in total. The van der Waals surface area contributed by atoms with E-state index in [1.165, 1.54) is 33.7 Å². The van der Waals surface area contributed by atoms with Gasteiger partial charge in [-0.3, -0.25) is 29.3 Å². The van der Waals surface area contributed by atoms with Gasteiger partial charge in [0.2, 0.25) is 5.91 Å². The number of rotatable bonds is 8. The molecule has 0 aliphatic carbocycles. The van der Waals surface area contributed by atoms with Crippen LogP contribution >= 0.6 is 0 Å².